The van der Waals surface area contributed by atoms with Gasteiger partial charge in [-0.3, -0.25) is 9.69 Å². The summed E-state index contributed by atoms with van der Waals surface area (Å²) < 4.78 is 5.60. The molecule has 1 atom stereocenters. The molecule has 5 nitrogen and oxygen atoms in total. The summed E-state index contributed by atoms with van der Waals surface area (Å²) in [5.41, 5.74) is 2.43. The molecule has 150 valence electrons. The molecule has 0 aliphatic heterocycles. The minimum Gasteiger partial charge on any atom is -0.447 e. The third-order valence-electron chi connectivity index (χ3n) is 5.16. The molecule has 0 spiro atoms. The molecule has 29 heavy (non-hydrogen) atoms. The Bertz CT molecular complexity index is 969. The van der Waals surface area contributed by atoms with E-state index in [1.165, 1.54) is 6.26 Å². The van der Waals surface area contributed by atoms with Gasteiger partial charge >= 0.3 is 0 Å². The second-order valence-corrected chi connectivity index (χ2v) is 7.87. The van der Waals surface area contributed by atoms with Crippen molar-refractivity contribution >= 4 is 17.5 Å². The zero-order valence-electron chi connectivity index (χ0n) is 16.3. The molecule has 1 fully saturated rings. The van der Waals surface area contributed by atoms with Gasteiger partial charge in [0, 0.05) is 17.6 Å². The maximum Gasteiger partial charge on any atom is 0.273 e. The number of hydrogen-bond acceptors (Lipinski definition) is 4. The van der Waals surface area contributed by atoms with Gasteiger partial charge in [0.2, 0.25) is 5.89 Å². The van der Waals surface area contributed by atoms with E-state index in [0.29, 0.717) is 24.2 Å². The average molecular weight is 410 g/mol. The summed E-state index contributed by atoms with van der Waals surface area (Å²) >= 11 is 6.32. The van der Waals surface area contributed by atoms with E-state index in [4.69, 9.17) is 16.0 Å². The van der Waals surface area contributed by atoms with Gasteiger partial charge in [-0.05, 0) is 37.0 Å². The van der Waals surface area contributed by atoms with Crippen LogP contribution < -0.4 is 5.32 Å². The Labute approximate surface area is 175 Å². The number of hydrogen-bond donors (Lipinski definition) is 1. The normalized spacial score (nSPS) is 14.7. The number of rotatable bonds is 8. The number of nitrogens with zero attached hydrogens (tertiary/aromatic N) is 2. The molecule has 1 heterocycles. The number of halogens is 1. The van der Waals surface area contributed by atoms with Gasteiger partial charge in [-0.15, -0.1) is 0 Å². The third kappa shape index (κ3) is 5.05. The fourth-order valence-corrected chi connectivity index (χ4v) is 3.55. The van der Waals surface area contributed by atoms with Gasteiger partial charge in [0.15, 0.2) is 5.69 Å². The first kappa shape index (κ1) is 19.7. The zero-order chi connectivity index (χ0) is 20.2. The van der Waals surface area contributed by atoms with E-state index in [0.717, 1.165) is 35.5 Å². The Morgan fingerprint density at radius 3 is 2.62 bits per heavy atom. The number of amides is 1. The van der Waals surface area contributed by atoms with Crippen molar-refractivity contribution in [3.8, 4) is 0 Å². The van der Waals surface area contributed by atoms with Gasteiger partial charge < -0.3 is 9.73 Å². The van der Waals surface area contributed by atoms with Gasteiger partial charge in [-0.1, -0.05) is 60.1 Å². The van der Waals surface area contributed by atoms with Crippen LogP contribution in [0.15, 0.2) is 65.3 Å². The van der Waals surface area contributed by atoms with Crippen LogP contribution in [0.1, 0.15) is 53.3 Å². The minimum atomic E-state index is -0.236. The van der Waals surface area contributed by atoms with Crippen LogP contribution in [0.2, 0.25) is 5.02 Å². The largest absolute Gasteiger partial charge is 0.447 e. The van der Waals surface area contributed by atoms with E-state index in [2.05, 4.69) is 15.2 Å². The second-order valence-electron chi connectivity index (χ2n) is 7.46. The molecule has 1 aliphatic rings. The van der Waals surface area contributed by atoms with Crippen molar-refractivity contribution in [3.63, 3.8) is 0 Å². The van der Waals surface area contributed by atoms with Gasteiger partial charge in [0.25, 0.3) is 5.91 Å². The number of oxazole rings is 1. The van der Waals surface area contributed by atoms with Gasteiger partial charge in [-0.2, -0.15) is 0 Å². The van der Waals surface area contributed by atoms with Crippen LogP contribution in [0.25, 0.3) is 0 Å². The highest BCUT2D eigenvalue weighted by Gasteiger charge is 2.30. The Hall–Kier alpha value is -2.63. The first-order chi connectivity index (χ1) is 14.1. The Balaban J connectivity index is 1.40. The van der Waals surface area contributed by atoms with Crippen LogP contribution in [0.4, 0.5) is 0 Å². The third-order valence-corrected chi connectivity index (χ3v) is 5.53. The molecule has 1 N–H and O–H groups in total. The lowest BCUT2D eigenvalue weighted by Gasteiger charge is -2.20. The highest BCUT2D eigenvalue weighted by molar-refractivity contribution is 6.31. The Kier molecular flexibility index (Phi) is 5.97. The number of aromatic nitrogens is 1. The van der Waals surface area contributed by atoms with Crippen LogP contribution in [0.5, 0.6) is 0 Å². The summed E-state index contributed by atoms with van der Waals surface area (Å²) in [6.45, 7) is 3.24. The fraction of sp³-hybridized carbons (Fsp3) is 0.304. The number of carbonyl (C=O) groups excluding carboxylic acids is 1. The van der Waals surface area contributed by atoms with Crippen molar-refractivity contribution < 1.29 is 9.21 Å². The highest BCUT2D eigenvalue weighted by Crippen LogP contribution is 2.31. The van der Waals surface area contributed by atoms with Gasteiger partial charge in [0.05, 0.1) is 12.6 Å². The maximum absolute atomic E-state index is 12.5. The molecule has 1 aromatic heterocycles. The second kappa shape index (κ2) is 8.80. The first-order valence-corrected chi connectivity index (χ1v) is 10.3. The van der Waals surface area contributed by atoms with E-state index in [1.54, 1.807) is 0 Å². The summed E-state index contributed by atoms with van der Waals surface area (Å²) in [6.07, 6.45) is 3.75. The lowest BCUT2D eigenvalue weighted by atomic mass is 10.1. The summed E-state index contributed by atoms with van der Waals surface area (Å²) in [4.78, 5) is 19.3. The summed E-state index contributed by atoms with van der Waals surface area (Å²) in [6, 6.07) is 18.1. The molecule has 4 rings (SSSR count). The van der Waals surface area contributed by atoms with E-state index < -0.39 is 0 Å². The van der Waals surface area contributed by atoms with E-state index in [1.807, 2.05) is 61.5 Å². The van der Waals surface area contributed by atoms with Crippen LogP contribution >= 0.6 is 11.6 Å². The number of benzene rings is 2. The molecule has 3 aromatic rings. The van der Waals surface area contributed by atoms with Crippen LogP contribution in [0, 0.1) is 0 Å². The van der Waals surface area contributed by atoms with E-state index in [9.17, 15) is 4.79 Å². The molecular formula is C23H24ClN3O2. The molecule has 1 aliphatic carbocycles. The SMILES string of the molecule is CC(NC(=O)c1coc(CN(Cc2ccccc2Cl)C2CC2)n1)c1ccccc1. The smallest absolute Gasteiger partial charge is 0.273 e. The molecule has 0 saturated heterocycles. The molecule has 1 unspecified atom stereocenters. The first-order valence-electron chi connectivity index (χ1n) is 9.88. The van der Waals surface area contributed by atoms with E-state index >= 15 is 0 Å². The monoisotopic (exact) mass is 409 g/mol. The fourth-order valence-electron chi connectivity index (χ4n) is 3.36. The molecule has 6 heteroatoms. The highest BCUT2D eigenvalue weighted by atomic mass is 35.5. The van der Waals surface area contributed by atoms with Crippen LogP contribution in [-0.4, -0.2) is 21.8 Å². The van der Waals surface area contributed by atoms with Crippen LogP contribution in [-0.2, 0) is 13.1 Å². The molecule has 1 saturated carbocycles. The lowest BCUT2D eigenvalue weighted by Crippen LogP contribution is -2.27. The Morgan fingerprint density at radius 2 is 1.90 bits per heavy atom. The average Bonchev–Trinajstić information content (AvgIpc) is 3.48. The van der Waals surface area contributed by atoms with Crippen molar-refractivity contribution in [2.45, 2.75) is 44.9 Å². The molecule has 0 radical (unpaired) electrons. The Morgan fingerprint density at radius 1 is 1.17 bits per heavy atom. The standard InChI is InChI=1S/C23H24ClN3O2/c1-16(17-7-3-2-4-8-17)25-23(28)21-15-29-22(26-21)14-27(19-11-12-19)13-18-9-5-6-10-20(18)24/h2-10,15-16,19H,11-14H2,1H3,(H,25,28). The van der Waals surface area contributed by atoms with Crippen molar-refractivity contribution in [2.24, 2.45) is 0 Å². The number of carbonyl (C=O) groups is 1. The van der Waals surface area contributed by atoms with Crippen molar-refractivity contribution in [1.29, 1.82) is 0 Å². The van der Waals surface area contributed by atoms with Gasteiger partial charge in [0.1, 0.15) is 6.26 Å². The van der Waals surface area contributed by atoms with Crippen LogP contribution in [0.3, 0.4) is 0 Å². The lowest BCUT2D eigenvalue weighted by molar-refractivity contribution is 0.0934. The zero-order valence-corrected chi connectivity index (χ0v) is 17.1. The summed E-state index contributed by atoms with van der Waals surface area (Å²) in [5.74, 6) is 0.307. The quantitative estimate of drug-likeness (QED) is 0.569. The minimum absolute atomic E-state index is 0.105. The van der Waals surface area contributed by atoms with Gasteiger partial charge in [-0.25, -0.2) is 4.98 Å². The van der Waals surface area contributed by atoms with E-state index in [-0.39, 0.29) is 11.9 Å². The summed E-state index contributed by atoms with van der Waals surface area (Å²) in [7, 11) is 0. The molecule has 0 bridgehead atoms. The topological polar surface area (TPSA) is 58.4 Å². The molecule has 2 aromatic carbocycles. The maximum atomic E-state index is 12.5. The van der Waals surface area contributed by atoms with Crippen molar-refractivity contribution in [1.82, 2.24) is 15.2 Å². The predicted molar refractivity (Wildman–Crippen MR) is 113 cm³/mol. The summed E-state index contributed by atoms with van der Waals surface area (Å²) in [5, 5.41) is 3.73. The predicted octanol–water partition coefficient (Wildman–Crippen LogP) is 4.98. The molecular weight excluding hydrogens is 386 g/mol. The number of nitrogens with one attached hydrogen (secondary N) is 1. The van der Waals surface area contributed by atoms with Crippen molar-refractivity contribution in [2.75, 3.05) is 0 Å². The molecule has 1 amide bonds. The van der Waals surface area contributed by atoms with Crippen molar-refractivity contribution in [3.05, 3.63) is 88.6 Å².